The second-order valence-corrected chi connectivity index (χ2v) is 13.4. The van der Waals surface area contributed by atoms with E-state index in [1.807, 2.05) is 69.3 Å². The number of hydrogen-bond acceptors (Lipinski definition) is 8. The summed E-state index contributed by atoms with van der Waals surface area (Å²) >= 11 is 0. The van der Waals surface area contributed by atoms with Crippen LogP contribution in [-0.2, 0) is 15.9 Å². The zero-order chi connectivity index (χ0) is 33.1. The molecule has 1 fully saturated rings. The average Bonchev–Trinajstić information content (AvgIpc) is 3.00. The van der Waals surface area contributed by atoms with Gasteiger partial charge in [0, 0.05) is 73.5 Å². The molecule has 240 valence electrons. The standard InChI is InChI=1S/C36H41N5O5/c1-35(2,3)45-33(43)39-30-10-8-25(24-11-13-37-14-12-24)19-27(30)21-32(42)28-20-26-7-9-29(22-31(26)38-23-28)40-15-17-41(18-16-40)34(44)46-36(4,5)6/h7-14,19-20,22-23H,15-18,21H2,1-6H3,(H,39,43). The van der Waals surface area contributed by atoms with E-state index in [1.165, 1.54) is 0 Å². The van der Waals surface area contributed by atoms with Crippen molar-refractivity contribution in [2.24, 2.45) is 0 Å². The van der Waals surface area contributed by atoms with Crippen LogP contribution in [0.3, 0.4) is 0 Å². The summed E-state index contributed by atoms with van der Waals surface area (Å²) in [5.74, 6) is -0.129. The number of piperazine rings is 1. The molecule has 1 aliphatic rings. The molecule has 0 aliphatic carbocycles. The molecule has 0 spiro atoms. The van der Waals surface area contributed by atoms with Crippen LogP contribution < -0.4 is 10.2 Å². The first-order chi connectivity index (χ1) is 21.7. The molecular weight excluding hydrogens is 582 g/mol. The van der Waals surface area contributed by atoms with Crippen molar-refractivity contribution in [2.75, 3.05) is 36.4 Å². The topological polar surface area (TPSA) is 114 Å². The molecule has 10 heteroatoms. The number of hydrogen-bond donors (Lipinski definition) is 1. The smallest absolute Gasteiger partial charge is 0.412 e. The third-order valence-corrected chi connectivity index (χ3v) is 7.39. The minimum Gasteiger partial charge on any atom is -0.444 e. The third kappa shape index (κ3) is 8.38. The highest BCUT2D eigenvalue weighted by atomic mass is 16.6. The molecule has 2 aromatic carbocycles. The Morgan fingerprint density at radius 2 is 1.50 bits per heavy atom. The largest absolute Gasteiger partial charge is 0.444 e. The molecular formula is C36H41N5O5. The van der Waals surface area contributed by atoms with Gasteiger partial charge in [-0.15, -0.1) is 0 Å². The quantitative estimate of drug-likeness (QED) is 0.226. The molecule has 1 saturated heterocycles. The maximum absolute atomic E-state index is 13.6. The van der Waals surface area contributed by atoms with Crippen LogP contribution in [0.2, 0.25) is 0 Å². The van der Waals surface area contributed by atoms with Gasteiger partial charge in [-0.2, -0.15) is 0 Å². The third-order valence-electron chi connectivity index (χ3n) is 7.39. The fourth-order valence-electron chi connectivity index (χ4n) is 5.21. The van der Waals surface area contributed by atoms with E-state index >= 15 is 0 Å². The van der Waals surface area contributed by atoms with Crippen LogP contribution in [0.5, 0.6) is 0 Å². The number of ketones is 1. The second-order valence-electron chi connectivity index (χ2n) is 13.4. The Labute approximate surface area is 269 Å². The van der Waals surface area contributed by atoms with Crippen molar-refractivity contribution in [2.45, 2.75) is 59.2 Å². The number of Topliss-reactive ketones (excluding diaryl/α,β-unsaturated/α-hetero) is 1. The highest BCUT2D eigenvalue weighted by Crippen LogP contribution is 2.28. The number of rotatable bonds is 6. The van der Waals surface area contributed by atoms with Gasteiger partial charge >= 0.3 is 12.2 Å². The van der Waals surface area contributed by atoms with Crippen LogP contribution >= 0.6 is 0 Å². The van der Waals surface area contributed by atoms with E-state index in [-0.39, 0.29) is 18.3 Å². The lowest BCUT2D eigenvalue weighted by molar-refractivity contribution is 0.0240. The number of amides is 2. The van der Waals surface area contributed by atoms with Crippen LogP contribution in [0.1, 0.15) is 57.5 Å². The second kappa shape index (κ2) is 13.2. The SMILES string of the molecule is CC(C)(C)OC(=O)Nc1ccc(-c2ccncc2)cc1CC(=O)c1cnc2cc(N3CCN(C(=O)OC(C)(C)C)CC3)ccc2c1. The summed E-state index contributed by atoms with van der Waals surface area (Å²) in [6.45, 7) is 13.5. The molecule has 0 unspecified atom stereocenters. The molecule has 46 heavy (non-hydrogen) atoms. The predicted octanol–water partition coefficient (Wildman–Crippen LogP) is 7.13. The van der Waals surface area contributed by atoms with Crippen molar-refractivity contribution in [1.82, 2.24) is 14.9 Å². The molecule has 2 aromatic heterocycles. The number of benzene rings is 2. The van der Waals surface area contributed by atoms with E-state index in [1.54, 1.807) is 50.3 Å². The maximum atomic E-state index is 13.6. The average molecular weight is 624 g/mol. The van der Waals surface area contributed by atoms with Crippen molar-refractivity contribution in [3.63, 3.8) is 0 Å². The van der Waals surface area contributed by atoms with Gasteiger partial charge in [0.2, 0.25) is 0 Å². The van der Waals surface area contributed by atoms with Gasteiger partial charge in [-0.3, -0.25) is 20.1 Å². The Balaban J connectivity index is 1.32. The van der Waals surface area contributed by atoms with Gasteiger partial charge in [0.25, 0.3) is 0 Å². The first-order valence-corrected chi connectivity index (χ1v) is 15.4. The number of nitrogens with one attached hydrogen (secondary N) is 1. The molecule has 0 bridgehead atoms. The summed E-state index contributed by atoms with van der Waals surface area (Å²) in [6, 6.07) is 17.2. The first kappa shape index (κ1) is 32.4. The molecule has 4 aromatic rings. The monoisotopic (exact) mass is 623 g/mol. The fourth-order valence-corrected chi connectivity index (χ4v) is 5.21. The Bertz CT molecular complexity index is 1740. The van der Waals surface area contributed by atoms with Crippen LogP contribution in [0.25, 0.3) is 22.0 Å². The number of pyridine rings is 2. The number of carbonyl (C=O) groups excluding carboxylic acids is 3. The van der Waals surface area contributed by atoms with Gasteiger partial charge in [0.1, 0.15) is 11.2 Å². The van der Waals surface area contributed by atoms with Gasteiger partial charge < -0.3 is 19.3 Å². The van der Waals surface area contributed by atoms with E-state index in [2.05, 4.69) is 20.2 Å². The highest BCUT2D eigenvalue weighted by Gasteiger charge is 2.26. The molecule has 5 rings (SSSR count). The highest BCUT2D eigenvalue weighted by molar-refractivity contribution is 6.01. The molecule has 3 heterocycles. The van der Waals surface area contributed by atoms with E-state index in [4.69, 9.17) is 9.47 Å². The lowest BCUT2D eigenvalue weighted by atomic mass is 9.97. The van der Waals surface area contributed by atoms with Crippen LogP contribution in [0.4, 0.5) is 21.0 Å². The molecule has 1 aliphatic heterocycles. The maximum Gasteiger partial charge on any atom is 0.412 e. The number of anilines is 2. The van der Waals surface area contributed by atoms with Gasteiger partial charge in [0.15, 0.2) is 5.78 Å². The number of aromatic nitrogens is 2. The summed E-state index contributed by atoms with van der Waals surface area (Å²) in [4.78, 5) is 51.4. The number of nitrogens with zero attached hydrogens (tertiary/aromatic N) is 4. The van der Waals surface area contributed by atoms with Crippen molar-refractivity contribution >= 4 is 40.2 Å². The molecule has 0 atom stereocenters. The molecule has 0 radical (unpaired) electrons. The van der Waals surface area contributed by atoms with Gasteiger partial charge in [0.05, 0.1) is 5.52 Å². The first-order valence-electron chi connectivity index (χ1n) is 15.4. The zero-order valence-electron chi connectivity index (χ0n) is 27.3. The predicted molar refractivity (Wildman–Crippen MR) is 179 cm³/mol. The number of carbonyl (C=O) groups is 3. The van der Waals surface area contributed by atoms with Crippen LogP contribution in [-0.4, -0.2) is 70.2 Å². The van der Waals surface area contributed by atoms with Crippen molar-refractivity contribution in [1.29, 1.82) is 0 Å². The summed E-state index contributed by atoms with van der Waals surface area (Å²) in [6.07, 6.45) is 4.19. The van der Waals surface area contributed by atoms with Crippen molar-refractivity contribution in [3.8, 4) is 11.1 Å². The lowest BCUT2D eigenvalue weighted by Gasteiger charge is -2.36. The minimum absolute atomic E-state index is 0.0528. The van der Waals surface area contributed by atoms with Crippen LogP contribution in [0.15, 0.2) is 73.2 Å². The molecule has 10 nitrogen and oxygen atoms in total. The van der Waals surface area contributed by atoms with E-state index in [0.29, 0.717) is 43.0 Å². The number of fused-ring (bicyclic) bond motifs is 1. The summed E-state index contributed by atoms with van der Waals surface area (Å²) in [7, 11) is 0. The van der Waals surface area contributed by atoms with E-state index < -0.39 is 17.3 Å². The molecule has 2 amide bonds. The molecule has 1 N–H and O–H groups in total. The van der Waals surface area contributed by atoms with Gasteiger partial charge in [-0.25, -0.2) is 9.59 Å². The zero-order valence-corrected chi connectivity index (χ0v) is 27.3. The van der Waals surface area contributed by atoms with E-state index in [9.17, 15) is 14.4 Å². The molecule has 0 saturated carbocycles. The van der Waals surface area contributed by atoms with Crippen molar-refractivity contribution in [3.05, 3.63) is 84.3 Å². The van der Waals surface area contributed by atoms with Gasteiger partial charge in [-0.05, 0) is 101 Å². The lowest BCUT2D eigenvalue weighted by Crippen LogP contribution is -2.50. The Hall–Kier alpha value is -4.99. The Morgan fingerprint density at radius 1 is 0.804 bits per heavy atom. The van der Waals surface area contributed by atoms with Gasteiger partial charge in [-0.1, -0.05) is 12.1 Å². The summed E-state index contributed by atoms with van der Waals surface area (Å²) in [5.41, 5.74) is 4.08. The Kier molecular flexibility index (Phi) is 9.27. The Morgan fingerprint density at radius 3 is 2.17 bits per heavy atom. The summed E-state index contributed by atoms with van der Waals surface area (Å²) < 4.78 is 11.0. The minimum atomic E-state index is -0.665. The summed E-state index contributed by atoms with van der Waals surface area (Å²) in [5, 5.41) is 3.66. The normalized spacial score (nSPS) is 13.8. The van der Waals surface area contributed by atoms with Crippen molar-refractivity contribution < 1.29 is 23.9 Å². The fraction of sp³-hybridized carbons (Fsp3) is 0.361. The number of ether oxygens (including phenoxy) is 2. The van der Waals surface area contributed by atoms with Crippen LogP contribution in [0, 0.1) is 0 Å². The van der Waals surface area contributed by atoms with E-state index in [0.717, 1.165) is 27.7 Å².